The van der Waals surface area contributed by atoms with Gasteiger partial charge in [0.1, 0.15) is 0 Å². The lowest BCUT2D eigenvalue weighted by atomic mass is 10.1. The third kappa shape index (κ3) is 4.66. The molecule has 0 bridgehead atoms. The first-order valence-electron chi connectivity index (χ1n) is 9.53. The van der Waals surface area contributed by atoms with Gasteiger partial charge in [0, 0.05) is 32.7 Å². The molecule has 1 fully saturated rings. The third-order valence-corrected chi connectivity index (χ3v) is 6.84. The average Bonchev–Trinajstić information content (AvgIpc) is 2.70. The molecule has 0 N–H and O–H groups in total. The molecule has 3 rings (SSSR count). The van der Waals surface area contributed by atoms with Crippen molar-refractivity contribution in [2.45, 2.75) is 25.3 Å². The van der Waals surface area contributed by atoms with E-state index in [4.69, 9.17) is 9.47 Å². The Morgan fingerprint density at radius 1 is 0.964 bits per heavy atom. The fraction of sp³-hybridized carbons (Fsp3) is 0.429. The zero-order chi connectivity index (χ0) is 20.1. The monoisotopic (exact) mass is 404 g/mol. The van der Waals surface area contributed by atoms with Crippen molar-refractivity contribution in [2.75, 3.05) is 39.9 Å². The highest BCUT2D eigenvalue weighted by atomic mass is 32.2. The summed E-state index contributed by atoms with van der Waals surface area (Å²) in [7, 11) is -1.79. The van der Waals surface area contributed by atoms with Crippen LogP contribution in [0.3, 0.4) is 0 Å². The van der Waals surface area contributed by atoms with Crippen LogP contribution in [-0.4, -0.2) is 57.5 Å². The lowest BCUT2D eigenvalue weighted by Crippen LogP contribution is -2.48. The summed E-state index contributed by atoms with van der Waals surface area (Å²) in [5.41, 5.74) is 2.17. The highest BCUT2D eigenvalue weighted by Crippen LogP contribution is 2.29. The minimum absolute atomic E-state index is 0.364. The predicted molar refractivity (Wildman–Crippen MR) is 109 cm³/mol. The summed E-state index contributed by atoms with van der Waals surface area (Å²) in [6.45, 7) is 7.60. The summed E-state index contributed by atoms with van der Waals surface area (Å²) < 4.78 is 38.2. The molecule has 6 nitrogen and oxygen atoms in total. The van der Waals surface area contributed by atoms with Crippen molar-refractivity contribution in [2.24, 2.45) is 0 Å². The van der Waals surface area contributed by atoms with Crippen molar-refractivity contribution in [3.63, 3.8) is 0 Å². The molecule has 7 heteroatoms. The molecule has 0 amide bonds. The van der Waals surface area contributed by atoms with Gasteiger partial charge in [-0.15, -0.1) is 0 Å². The van der Waals surface area contributed by atoms with Gasteiger partial charge >= 0.3 is 0 Å². The van der Waals surface area contributed by atoms with Gasteiger partial charge in [0.05, 0.1) is 18.6 Å². The number of methoxy groups -OCH3 is 1. The van der Waals surface area contributed by atoms with Crippen molar-refractivity contribution in [3.8, 4) is 11.5 Å². The molecule has 1 aliphatic rings. The number of rotatable bonds is 7. The molecular formula is C21H28N2O4S. The van der Waals surface area contributed by atoms with E-state index in [2.05, 4.69) is 4.90 Å². The first kappa shape index (κ1) is 20.6. The van der Waals surface area contributed by atoms with E-state index in [1.165, 1.54) is 0 Å². The van der Waals surface area contributed by atoms with Gasteiger partial charge in [-0.25, -0.2) is 8.42 Å². The molecule has 1 heterocycles. The summed E-state index contributed by atoms with van der Waals surface area (Å²) >= 11 is 0. The second-order valence-electron chi connectivity index (χ2n) is 6.91. The maximum absolute atomic E-state index is 12.8. The van der Waals surface area contributed by atoms with Gasteiger partial charge in [-0.3, -0.25) is 4.90 Å². The van der Waals surface area contributed by atoms with Gasteiger partial charge in [0.2, 0.25) is 10.0 Å². The number of benzene rings is 2. The molecule has 0 saturated carbocycles. The highest BCUT2D eigenvalue weighted by molar-refractivity contribution is 7.89. The zero-order valence-electron chi connectivity index (χ0n) is 16.7. The topological polar surface area (TPSA) is 59.1 Å². The van der Waals surface area contributed by atoms with Crippen molar-refractivity contribution in [3.05, 3.63) is 53.6 Å². The van der Waals surface area contributed by atoms with E-state index in [9.17, 15) is 8.42 Å². The molecule has 152 valence electrons. The van der Waals surface area contributed by atoms with Gasteiger partial charge in [-0.2, -0.15) is 4.31 Å². The largest absolute Gasteiger partial charge is 0.493 e. The van der Waals surface area contributed by atoms with Crippen LogP contribution in [-0.2, 0) is 16.6 Å². The number of nitrogens with zero attached hydrogens (tertiary/aromatic N) is 2. The Bertz CT molecular complexity index is 889. The highest BCUT2D eigenvalue weighted by Gasteiger charge is 2.28. The fourth-order valence-electron chi connectivity index (χ4n) is 3.33. The molecule has 2 aromatic rings. The Hall–Kier alpha value is -2.09. The molecule has 1 saturated heterocycles. The number of piperazine rings is 1. The summed E-state index contributed by atoms with van der Waals surface area (Å²) in [5.74, 6) is 1.46. The van der Waals surface area contributed by atoms with Crippen molar-refractivity contribution < 1.29 is 17.9 Å². The third-order valence-electron chi connectivity index (χ3n) is 4.92. The number of hydrogen-bond donors (Lipinski definition) is 0. The maximum Gasteiger partial charge on any atom is 0.243 e. The second kappa shape index (κ2) is 8.94. The number of hydrogen-bond acceptors (Lipinski definition) is 5. The van der Waals surface area contributed by atoms with E-state index >= 15 is 0 Å². The van der Waals surface area contributed by atoms with Gasteiger partial charge in [0.15, 0.2) is 11.5 Å². The van der Waals surface area contributed by atoms with Crippen LogP contribution in [0.15, 0.2) is 47.4 Å². The summed E-state index contributed by atoms with van der Waals surface area (Å²) in [6.07, 6.45) is 0. The van der Waals surface area contributed by atoms with Crippen molar-refractivity contribution in [1.82, 2.24) is 9.21 Å². The average molecular weight is 405 g/mol. The van der Waals surface area contributed by atoms with Gasteiger partial charge in [-0.1, -0.05) is 23.8 Å². The molecule has 0 aliphatic carbocycles. The first-order chi connectivity index (χ1) is 13.4. The summed E-state index contributed by atoms with van der Waals surface area (Å²) in [5, 5.41) is 0. The molecule has 2 aromatic carbocycles. The fourth-order valence-corrected chi connectivity index (χ4v) is 4.75. The van der Waals surface area contributed by atoms with E-state index in [-0.39, 0.29) is 0 Å². The first-order valence-corrected chi connectivity index (χ1v) is 11.0. The zero-order valence-corrected chi connectivity index (χ0v) is 17.5. The molecular weight excluding hydrogens is 376 g/mol. The Morgan fingerprint density at radius 2 is 1.64 bits per heavy atom. The van der Waals surface area contributed by atoms with Crippen LogP contribution in [0.4, 0.5) is 0 Å². The van der Waals surface area contributed by atoms with Crippen LogP contribution in [0.25, 0.3) is 0 Å². The molecule has 1 aliphatic heterocycles. The van der Waals surface area contributed by atoms with E-state index in [0.29, 0.717) is 37.7 Å². The summed E-state index contributed by atoms with van der Waals surface area (Å²) in [6, 6.07) is 13.0. The smallest absolute Gasteiger partial charge is 0.243 e. The van der Waals surface area contributed by atoms with E-state index < -0.39 is 10.0 Å². The Kier molecular flexibility index (Phi) is 6.59. The van der Waals surface area contributed by atoms with E-state index in [1.807, 2.05) is 44.2 Å². The Labute approximate surface area is 167 Å². The normalized spacial score (nSPS) is 16.1. The van der Waals surface area contributed by atoms with Crippen molar-refractivity contribution >= 4 is 10.0 Å². The van der Waals surface area contributed by atoms with Gasteiger partial charge in [0.25, 0.3) is 0 Å². The van der Waals surface area contributed by atoms with E-state index in [0.717, 1.165) is 29.2 Å². The van der Waals surface area contributed by atoms with E-state index in [1.54, 1.807) is 23.5 Å². The Morgan fingerprint density at radius 3 is 2.25 bits per heavy atom. The molecule has 28 heavy (non-hydrogen) atoms. The quantitative estimate of drug-likeness (QED) is 0.710. The van der Waals surface area contributed by atoms with Crippen LogP contribution in [0.2, 0.25) is 0 Å². The van der Waals surface area contributed by atoms with Crippen LogP contribution >= 0.6 is 0 Å². The van der Waals surface area contributed by atoms with Crippen LogP contribution in [0, 0.1) is 6.92 Å². The number of aryl methyl sites for hydroxylation is 1. The SMILES string of the molecule is CCOc1ccc(CN2CCN(S(=O)(=O)c3ccc(C)cc3)CC2)cc1OC. The number of ether oxygens (including phenoxy) is 2. The second-order valence-corrected chi connectivity index (χ2v) is 8.85. The molecule has 0 unspecified atom stereocenters. The van der Waals surface area contributed by atoms with Crippen LogP contribution in [0.5, 0.6) is 11.5 Å². The van der Waals surface area contributed by atoms with Crippen LogP contribution < -0.4 is 9.47 Å². The number of sulfonamides is 1. The lowest BCUT2D eigenvalue weighted by Gasteiger charge is -2.34. The van der Waals surface area contributed by atoms with Crippen LogP contribution in [0.1, 0.15) is 18.1 Å². The minimum Gasteiger partial charge on any atom is -0.493 e. The summed E-state index contributed by atoms with van der Waals surface area (Å²) in [4.78, 5) is 2.62. The van der Waals surface area contributed by atoms with Gasteiger partial charge in [-0.05, 0) is 43.7 Å². The lowest BCUT2D eigenvalue weighted by molar-refractivity contribution is 0.181. The molecule has 0 aromatic heterocycles. The molecule has 0 atom stereocenters. The maximum atomic E-state index is 12.8. The predicted octanol–water partition coefficient (Wildman–Crippen LogP) is 2.91. The van der Waals surface area contributed by atoms with Gasteiger partial charge < -0.3 is 9.47 Å². The minimum atomic E-state index is -3.43. The molecule has 0 radical (unpaired) electrons. The standard InChI is InChI=1S/C21H28N2O4S/c1-4-27-20-10-7-18(15-21(20)26-3)16-22-11-13-23(14-12-22)28(24,25)19-8-5-17(2)6-9-19/h5-10,15H,4,11-14,16H2,1-3H3. The Balaban J connectivity index is 1.62. The van der Waals surface area contributed by atoms with Crippen molar-refractivity contribution in [1.29, 1.82) is 0 Å². The molecule has 0 spiro atoms.